The molecule has 3 rings (SSSR count). The molecule has 3 nitrogen and oxygen atoms in total. The highest BCUT2D eigenvalue weighted by atomic mass is 32.1. The number of nitrogens with zero attached hydrogens (tertiary/aromatic N) is 1. The summed E-state index contributed by atoms with van der Waals surface area (Å²) in [4.78, 5) is 16.1. The molecular formula is C21H18F3NO2S. The van der Waals surface area contributed by atoms with Crippen LogP contribution >= 0.6 is 11.3 Å². The van der Waals surface area contributed by atoms with Crippen LogP contribution in [0.2, 0.25) is 0 Å². The summed E-state index contributed by atoms with van der Waals surface area (Å²) in [5.41, 5.74) is 2.80. The molecule has 0 bridgehead atoms. The minimum absolute atomic E-state index is 0.0552. The maximum atomic E-state index is 12.2. The number of hydrogen-bond acceptors (Lipinski definition) is 4. The van der Waals surface area contributed by atoms with Crippen molar-refractivity contribution in [3.05, 3.63) is 70.7 Å². The molecule has 0 spiro atoms. The molecule has 0 N–H and O–H groups in total. The average Bonchev–Trinajstić information content (AvgIpc) is 3.20. The van der Waals surface area contributed by atoms with E-state index >= 15 is 0 Å². The van der Waals surface area contributed by atoms with Crippen molar-refractivity contribution in [3.8, 4) is 16.9 Å². The predicted octanol–water partition coefficient (Wildman–Crippen LogP) is 6.48. The lowest BCUT2D eigenvalue weighted by molar-refractivity contribution is -0.274. The van der Waals surface area contributed by atoms with Gasteiger partial charge in [0.2, 0.25) is 0 Å². The summed E-state index contributed by atoms with van der Waals surface area (Å²) < 4.78 is 40.6. The van der Waals surface area contributed by atoms with Crippen LogP contribution in [-0.4, -0.2) is 17.1 Å². The minimum Gasteiger partial charge on any atom is -0.406 e. The third kappa shape index (κ3) is 5.42. The second-order valence-corrected chi connectivity index (χ2v) is 7.29. The molecule has 0 aliphatic carbocycles. The highest BCUT2D eigenvalue weighted by molar-refractivity contribution is 7.11. The molecule has 0 saturated carbocycles. The van der Waals surface area contributed by atoms with Gasteiger partial charge in [-0.3, -0.25) is 4.79 Å². The van der Waals surface area contributed by atoms with Crippen molar-refractivity contribution < 1.29 is 22.7 Å². The Bertz CT molecular complexity index is 904. The Labute approximate surface area is 164 Å². The zero-order valence-electron chi connectivity index (χ0n) is 15.1. The molecule has 0 amide bonds. The first-order chi connectivity index (χ1) is 13.3. The Morgan fingerprint density at radius 3 is 2.21 bits per heavy atom. The number of Topliss-reactive ketones (excluding diaryl/α,β-unsaturated/α-hetero) is 1. The Morgan fingerprint density at radius 1 is 1.07 bits per heavy atom. The molecule has 1 heterocycles. The number of aromatic nitrogens is 1. The number of rotatable bonds is 7. The second kappa shape index (κ2) is 8.56. The Balaban J connectivity index is 1.60. The van der Waals surface area contributed by atoms with Crippen LogP contribution in [-0.2, 0) is 0 Å². The molecular weight excluding hydrogens is 387 g/mol. The van der Waals surface area contributed by atoms with E-state index in [1.807, 2.05) is 24.3 Å². The number of thiazole rings is 1. The van der Waals surface area contributed by atoms with E-state index in [1.165, 1.54) is 23.5 Å². The number of alkyl halides is 3. The molecule has 2 aromatic carbocycles. The Hall–Kier alpha value is -2.67. The first-order valence-corrected chi connectivity index (χ1v) is 9.58. The van der Waals surface area contributed by atoms with Crippen molar-refractivity contribution in [2.24, 2.45) is 0 Å². The summed E-state index contributed by atoms with van der Waals surface area (Å²) in [6, 6.07) is 13.6. The number of hydrogen-bond donors (Lipinski definition) is 0. The van der Waals surface area contributed by atoms with Gasteiger partial charge in [0.15, 0.2) is 10.8 Å². The number of halogens is 3. The van der Waals surface area contributed by atoms with Crippen molar-refractivity contribution in [1.82, 2.24) is 4.98 Å². The molecule has 1 unspecified atom stereocenters. The van der Waals surface area contributed by atoms with E-state index < -0.39 is 6.36 Å². The summed E-state index contributed by atoms with van der Waals surface area (Å²) in [7, 11) is 0. The van der Waals surface area contributed by atoms with Gasteiger partial charge in [-0.1, -0.05) is 43.3 Å². The van der Waals surface area contributed by atoms with E-state index in [-0.39, 0.29) is 17.5 Å². The second-order valence-electron chi connectivity index (χ2n) is 6.39. The quantitative estimate of drug-likeness (QED) is 0.423. The average molecular weight is 405 g/mol. The molecule has 0 radical (unpaired) electrons. The van der Waals surface area contributed by atoms with E-state index in [2.05, 4.69) is 16.6 Å². The highest BCUT2D eigenvalue weighted by Crippen LogP contribution is 2.28. The van der Waals surface area contributed by atoms with Crippen LogP contribution in [0.15, 0.2) is 60.1 Å². The van der Waals surface area contributed by atoms with Crippen LogP contribution in [0.25, 0.3) is 11.1 Å². The van der Waals surface area contributed by atoms with E-state index in [4.69, 9.17) is 0 Å². The lowest BCUT2D eigenvalue weighted by Crippen LogP contribution is -2.16. The van der Waals surface area contributed by atoms with Gasteiger partial charge in [-0.05, 0) is 41.2 Å². The van der Waals surface area contributed by atoms with Crippen molar-refractivity contribution in [3.63, 3.8) is 0 Å². The van der Waals surface area contributed by atoms with E-state index in [0.29, 0.717) is 11.4 Å². The van der Waals surface area contributed by atoms with Crippen molar-refractivity contribution >= 4 is 17.1 Å². The van der Waals surface area contributed by atoms with Crippen LogP contribution < -0.4 is 4.74 Å². The molecule has 0 aliphatic rings. The minimum atomic E-state index is -4.69. The fraction of sp³-hybridized carbons (Fsp3) is 0.238. The summed E-state index contributed by atoms with van der Waals surface area (Å²) in [6.07, 6.45) is -1.90. The lowest BCUT2D eigenvalue weighted by Gasteiger charge is -2.12. The number of ether oxygens (including phenoxy) is 1. The monoisotopic (exact) mass is 405 g/mol. The third-order valence-corrected chi connectivity index (χ3v) is 5.19. The molecule has 3 aromatic rings. The van der Waals surface area contributed by atoms with Gasteiger partial charge in [-0.15, -0.1) is 24.5 Å². The standard InChI is InChI=1S/C21H18F3NO2S/c1-14(2-11-19(26)20-25-12-13-28-20)15-3-5-16(6-4-15)17-7-9-18(10-8-17)27-21(22,23)24/h3-10,12-14H,2,11H2,1H3. The van der Waals surface area contributed by atoms with Gasteiger partial charge >= 0.3 is 6.36 Å². The largest absolute Gasteiger partial charge is 0.573 e. The molecule has 0 fully saturated rings. The van der Waals surface area contributed by atoms with Crippen LogP contribution in [0.1, 0.15) is 41.0 Å². The van der Waals surface area contributed by atoms with Gasteiger partial charge in [0.25, 0.3) is 0 Å². The van der Waals surface area contributed by atoms with Crippen LogP contribution in [0.5, 0.6) is 5.75 Å². The number of benzene rings is 2. The fourth-order valence-corrected chi connectivity index (χ4v) is 3.44. The molecule has 0 saturated heterocycles. The van der Waals surface area contributed by atoms with E-state index in [9.17, 15) is 18.0 Å². The van der Waals surface area contributed by atoms with Gasteiger partial charge in [0.1, 0.15) is 5.75 Å². The normalized spacial score (nSPS) is 12.6. The van der Waals surface area contributed by atoms with E-state index in [1.54, 1.807) is 23.7 Å². The lowest BCUT2D eigenvalue weighted by atomic mass is 9.93. The predicted molar refractivity (Wildman–Crippen MR) is 103 cm³/mol. The topological polar surface area (TPSA) is 39.2 Å². The van der Waals surface area contributed by atoms with E-state index in [0.717, 1.165) is 23.1 Å². The van der Waals surface area contributed by atoms with Crippen LogP contribution in [0.3, 0.4) is 0 Å². The van der Waals surface area contributed by atoms with Gasteiger partial charge in [0, 0.05) is 18.0 Å². The van der Waals surface area contributed by atoms with Gasteiger partial charge in [-0.2, -0.15) is 0 Å². The highest BCUT2D eigenvalue weighted by Gasteiger charge is 2.30. The first kappa shape index (κ1) is 20.1. The number of ketones is 1. The Kier molecular flexibility index (Phi) is 6.14. The van der Waals surface area contributed by atoms with Crippen LogP contribution in [0, 0.1) is 0 Å². The van der Waals surface area contributed by atoms with Gasteiger partial charge < -0.3 is 4.74 Å². The smallest absolute Gasteiger partial charge is 0.406 e. The number of carbonyl (C=O) groups is 1. The third-order valence-electron chi connectivity index (χ3n) is 4.38. The molecule has 28 heavy (non-hydrogen) atoms. The van der Waals surface area contributed by atoms with Crippen molar-refractivity contribution in [1.29, 1.82) is 0 Å². The maximum Gasteiger partial charge on any atom is 0.573 e. The summed E-state index contributed by atoms with van der Waals surface area (Å²) in [6.45, 7) is 2.06. The first-order valence-electron chi connectivity index (χ1n) is 8.70. The van der Waals surface area contributed by atoms with Gasteiger partial charge in [-0.25, -0.2) is 4.98 Å². The van der Waals surface area contributed by atoms with Crippen LogP contribution in [0.4, 0.5) is 13.2 Å². The van der Waals surface area contributed by atoms with Crippen molar-refractivity contribution in [2.45, 2.75) is 32.0 Å². The van der Waals surface area contributed by atoms with Gasteiger partial charge in [0.05, 0.1) is 0 Å². The zero-order valence-corrected chi connectivity index (χ0v) is 15.9. The molecule has 1 atom stereocenters. The SMILES string of the molecule is CC(CCC(=O)c1nccs1)c1ccc(-c2ccc(OC(F)(F)F)cc2)cc1. The summed E-state index contributed by atoms with van der Waals surface area (Å²) in [5, 5.41) is 2.33. The fourth-order valence-electron chi connectivity index (χ4n) is 2.84. The Morgan fingerprint density at radius 2 is 1.68 bits per heavy atom. The molecule has 0 aliphatic heterocycles. The molecule has 1 aromatic heterocycles. The summed E-state index contributed by atoms with van der Waals surface area (Å²) >= 11 is 1.35. The van der Waals surface area contributed by atoms with Crippen molar-refractivity contribution in [2.75, 3.05) is 0 Å². The number of carbonyl (C=O) groups excluding carboxylic acids is 1. The summed E-state index contributed by atoms with van der Waals surface area (Å²) in [5.74, 6) is 0.0200. The maximum absolute atomic E-state index is 12.2. The molecule has 7 heteroatoms. The molecule has 146 valence electrons. The zero-order chi connectivity index (χ0) is 20.1.